The standard InChI is InChI=1S/C19H32N4O2S/c1-15-13-17(8-9-18(15)26(4,24)25)14-22-19(20-3)21-10-12-23-11-6-5-7-16(23)2/h8-9,13,16H,5-7,10-12,14H2,1-4H3,(H2,20,21,22). The molecule has 0 saturated carbocycles. The number of guanidine groups is 1. The second-order valence-electron chi connectivity index (χ2n) is 7.11. The molecule has 0 aliphatic carbocycles. The lowest BCUT2D eigenvalue weighted by molar-refractivity contribution is 0.163. The summed E-state index contributed by atoms with van der Waals surface area (Å²) < 4.78 is 23.4. The predicted octanol–water partition coefficient (Wildman–Crippen LogP) is 1.94. The van der Waals surface area contributed by atoms with Gasteiger partial charge < -0.3 is 10.6 Å². The van der Waals surface area contributed by atoms with Gasteiger partial charge in [-0.15, -0.1) is 0 Å². The fraction of sp³-hybridized carbons (Fsp3) is 0.632. The number of rotatable bonds is 6. The largest absolute Gasteiger partial charge is 0.355 e. The molecule has 1 heterocycles. The number of benzene rings is 1. The first-order chi connectivity index (χ1) is 12.3. The highest BCUT2D eigenvalue weighted by molar-refractivity contribution is 7.90. The summed E-state index contributed by atoms with van der Waals surface area (Å²) >= 11 is 0. The summed E-state index contributed by atoms with van der Waals surface area (Å²) in [5.41, 5.74) is 1.80. The van der Waals surface area contributed by atoms with Crippen LogP contribution in [0.25, 0.3) is 0 Å². The maximum absolute atomic E-state index is 11.7. The average molecular weight is 381 g/mol. The van der Waals surface area contributed by atoms with Gasteiger partial charge in [-0.3, -0.25) is 9.89 Å². The third kappa shape index (κ3) is 5.99. The number of likely N-dealkylation sites (tertiary alicyclic amines) is 1. The van der Waals surface area contributed by atoms with Crippen molar-refractivity contribution in [1.82, 2.24) is 15.5 Å². The van der Waals surface area contributed by atoms with Crippen LogP contribution in [0.3, 0.4) is 0 Å². The number of hydrogen-bond acceptors (Lipinski definition) is 4. The Morgan fingerprint density at radius 1 is 1.31 bits per heavy atom. The molecule has 1 aliphatic rings. The Hall–Kier alpha value is -1.60. The number of aryl methyl sites for hydroxylation is 1. The van der Waals surface area contributed by atoms with Gasteiger partial charge in [0, 0.05) is 39.0 Å². The zero-order valence-corrected chi connectivity index (χ0v) is 17.2. The zero-order valence-electron chi connectivity index (χ0n) is 16.4. The van der Waals surface area contributed by atoms with Crippen LogP contribution in [0.1, 0.15) is 37.3 Å². The van der Waals surface area contributed by atoms with E-state index in [1.165, 1.54) is 32.1 Å². The van der Waals surface area contributed by atoms with Crippen LogP contribution < -0.4 is 10.6 Å². The van der Waals surface area contributed by atoms with Gasteiger partial charge in [-0.25, -0.2) is 8.42 Å². The van der Waals surface area contributed by atoms with Crippen LogP contribution >= 0.6 is 0 Å². The molecule has 2 N–H and O–H groups in total. The first kappa shape index (κ1) is 20.7. The summed E-state index contributed by atoms with van der Waals surface area (Å²) in [4.78, 5) is 7.18. The van der Waals surface area contributed by atoms with Gasteiger partial charge in [-0.1, -0.05) is 18.6 Å². The Morgan fingerprint density at radius 2 is 2.08 bits per heavy atom. The van der Waals surface area contributed by atoms with Crippen LogP contribution in [0.2, 0.25) is 0 Å². The minimum absolute atomic E-state index is 0.388. The first-order valence-corrected chi connectivity index (χ1v) is 11.2. The molecule has 1 atom stereocenters. The molecule has 1 aromatic rings. The van der Waals surface area contributed by atoms with Crippen LogP contribution in [0, 0.1) is 6.92 Å². The molecule has 0 amide bonds. The molecule has 0 aromatic heterocycles. The van der Waals surface area contributed by atoms with Crippen molar-refractivity contribution >= 4 is 15.8 Å². The molecule has 1 saturated heterocycles. The van der Waals surface area contributed by atoms with Gasteiger partial charge in [0.25, 0.3) is 0 Å². The monoisotopic (exact) mass is 380 g/mol. The van der Waals surface area contributed by atoms with Gasteiger partial charge in [0.2, 0.25) is 0 Å². The first-order valence-electron chi connectivity index (χ1n) is 9.29. The van der Waals surface area contributed by atoms with E-state index in [0.717, 1.165) is 30.2 Å². The number of hydrogen-bond donors (Lipinski definition) is 2. The lowest BCUT2D eigenvalue weighted by atomic mass is 10.0. The molecule has 0 radical (unpaired) electrons. The molecular formula is C19H32N4O2S. The normalized spacial score (nSPS) is 19.4. The van der Waals surface area contributed by atoms with E-state index in [0.29, 0.717) is 17.5 Å². The van der Waals surface area contributed by atoms with Crippen molar-refractivity contribution in [2.45, 2.75) is 50.6 Å². The summed E-state index contributed by atoms with van der Waals surface area (Å²) in [6.45, 7) is 7.78. The minimum Gasteiger partial charge on any atom is -0.355 e. The molecule has 1 unspecified atom stereocenters. The molecule has 1 fully saturated rings. The van der Waals surface area contributed by atoms with Gasteiger partial charge in [-0.05, 0) is 50.4 Å². The maximum Gasteiger partial charge on any atom is 0.191 e. The molecule has 0 spiro atoms. The number of nitrogens with one attached hydrogen (secondary N) is 2. The maximum atomic E-state index is 11.7. The fourth-order valence-corrected chi connectivity index (χ4v) is 4.41. The third-order valence-electron chi connectivity index (χ3n) is 4.95. The SMILES string of the molecule is CN=C(NCCN1CCCCC1C)NCc1ccc(S(C)(=O)=O)c(C)c1. The number of nitrogens with zero attached hydrogens (tertiary/aromatic N) is 2. The molecular weight excluding hydrogens is 348 g/mol. The highest BCUT2D eigenvalue weighted by Crippen LogP contribution is 2.17. The van der Waals surface area contributed by atoms with E-state index >= 15 is 0 Å². The number of piperidine rings is 1. The summed E-state index contributed by atoms with van der Waals surface area (Å²) in [6.07, 6.45) is 5.16. The molecule has 1 aliphatic heterocycles. The number of aliphatic imine (C=N–C) groups is 1. The van der Waals surface area contributed by atoms with Crippen molar-refractivity contribution in [1.29, 1.82) is 0 Å². The van der Waals surface area contributed by atoms with Gasteiger partial charge in [-0.2, -0.15) is 0 Å². The second-order valence-corrected chi connectivity index (χ2v) is 9.09. The van der Waals surface area contributed by atoms with E-state index in [9.17, 15) is 8.42 Å². The quantitative estimate of drug-likeness (QED) is 0.583. The summed E-state index contributed by atoms with van der Waals surface area (Å²) in [6, 6.07) is 6.10. The highest BCUT2D eigenvalue weighted by Gasteiger charge is 2.17. The van der Waals surface area contributed by atoms with Crippen LogP contribution in [-0.2, 0) is 16.4 Å². The number of sulfone groups is 1. The minimum atomic E-state index is -3.17. The van der Waals surface area contributed by atoms with E-state index in [1.807, 2.05) is 19.1 Å². The van der Waals surface area contributed by atoms with E-state index in [-0.39, 0.29) is 0 Å². The van der Waals surface area contributed by atoms with Crippen molar-refractivity contribution in [2.24, 2.45) is 4.99 Å². The summed E-state index contributed by atoms with van der Waals surface area (Å²) in [5, 5.41) is 6.65. The van der Waals surface area contributed by atoms with Crippen molar-refractivity contribution in [3.05, 3.63) is 29.3 Å². The van der Waals surface area contributed by atoms with Crippen molar-refractivity contribution < 1.29 is 8.42 Å². The van der Waals surface area contributed by atoms with Gasteiger partial charge >= 0.3 is 0 Å². The lowest BCUT2D eigenvalue weighted by Gasteiger charge is -2.33. The Labute approximate surface area is 158 Å². The third-order valence-corrected chi connectivity index (χ3v) is 6.21. The van der Waals surface area contributed by atoms with Gasteiger partial charge in [0.1, 0.15) is 0 Å². The van der Waals surface area contributed by atoms with E-state index in [4.69, 9.17) is 0 Å². The van der Waals surface area contributed by atoms with Gasteiger partial charge in [0.15, 0.2) is 15.8 Å². The van der Waals surface area contributed by atoms with Crippen LogP contribution in [-0.4, -0.2) is 58.3 Å². The zero-order chi connectivity index (χ0) is 19.2. The Bertz CT molecular complexity index is 731. The Kier molecular flexibility index (Phi) is 7.46. The summed E-state index contributed by atoms with van der Waals surface area (Å²) in [5.74, 6) is 0.763. The van der Waals surface area contributed by atoms with Crippen LogP contribution in [0.4, 0.5) is 0 Å². The van der Waals surface area contributed by atoms with E-state index in [2.05, 4.69) is 27.4 Å². The van der Waals surface area contributed by atoms with E-state index in [1.54, 1.807) is 13.1 Å². The molecule has 26 heavy (non-hydrogen) atoms. The van der Waals surface area contributed by atoms with Crippen molar-refractivity contribution in [3.63, 3.8) is 0 Å². The molecule has 0 bridgehead atoms. The lowest BCUT2D eigenvalue weighted by Crippen LogP contribution is -2.45. The predicted molar refractivity (Wildman–Crippen MR) is 107 cm³/mol. The average Bonchev–Trinajstić information content (AvgIpc) is 2.58. The van der Waals surface area contributed by atoms with Crippen molar-refractivity contribution in [2.75, 3.05) is 32.9 Å². The molecule has 7 heteroatoms. The molecule has 6 nitrogen and oxygen atoms in total. The molecule has 146 valence electrons. The van der Waals surface area contributed by atoms with Crippen LogP contribution in [0.5, 0.6) is 0 Å². The van der Waals surface area contributed by atoms with Crippen LogP contribution in [0.15, 0.2) is 28.1 Å². The summed E-state index contributed by atoms with van der Waals surface area (Å²) in [7, 11) is -1.41. The van der Waals surface area contributed by atoms with Crippen molar-refractivity contribution in [3.8, 4) is 0 Å². The topological polar surface area (TPSA) is 73.8 Å². The van der Waals surface area contributed by atoms with Gasteiger partial charge in [0.05, 0.1) is 4.90 Å². The fourth-order valence-electron chi connectivity index (χ4n) is 3.45. The molecule has 2 rings (SSSR count). The van der Waals surface area contributed by atoms with E-state index < -0.39 is 9.84 Å². The highest BCUT2D eigenvalue weighted by atomic mass is 32.2. The Morgan fingerprint density at radius 3 is 2.69 bits per heavy atom. The smallest absolute Gasteiger partial charge is 0.191 e. The Balaban J connectivity index is 1.82. The molecule has 1 aromatic carbocycles. The second kappa shape index (κ2) is 9.37.